The largest absolute Gasteiger partial charge is 0.377 e. The molecular weight excluding hydrogens is 206 g/mol. The Morgan fingerprint density at radius 1 is 1.43 bits per heavy atom. The summed E-state index contributed by atoms with van der Waals surface area (Å²) in [6.07, 6.45) is -1.62. The molecule has 5 nitrogen and oxygen atoms in total. The number of aliphatic hydroxyl groups excluding tert-OH is 2. The van der Waals surface area contributed by atoms with Gasteiger partial charge in [0.25, 0.3) is 0 Å². The van der Waals surface area contributed by atoms with Crippen LogP contribution in [-0.2, 0) is 0 Å². The van der Waals surface area contributed by atoms with Gasteiger partial charge < -0.3 is 15.9 Å². The number of aliphatic hydroxyl groups is 2. The van der Waals surface area contributed by atoms with E-state index >= 15 is 0 Å². The first-order chi connectivity index (χ1) is 6.44. The second kappa shape index (κ2) is 6.55. The maximum Gasteiger partial charge on any atom is 0.122 e. The van der Waals surface area contributed by atoms with Crippen LogP contribution in [0.2, 0.25) is 0 Å². The van der Waals surface area contributed by atoms with Crippen LogP contribution in [0.4, 0.5) is 0 Å². The maximum atomic E-state index is 9.67. The molecule has 0 rings (SSSR count). The summed E-state index contributed by atoms with van der Waals surface area (Å²) in [5.74, 6) is 0.0764. The first-order valence-corrected chi connectivity index (χ1v) is 5.10. The Hall–Kier alpha value is 0.0900. The van der Waals surface area contributed by atoms with E-state index in [1.807, 2.05) is 0 Å². The zero-order valence-electron chi connectivity index (χ0n) is 8.63. The maximum absolute atomic E-state index is 9.67. The number of hydrogen-bond donors (Lipinski definition) is 5. The quantitative estimate of drug-likeness (QED) is 0.277. The second-order valence-electron chi connectivity index (χ2n) is 3.68. The Bertz CT molecular complexity index is 158. The first-order valence-electron chi connectivity index (χ1n) is 4.57. The Morgan fingerprint density at radius 2 is 2.00 bits per heavy atom. The summed E-state index contributed by atoms with van der Waals surface area (Å²) in [5.41, 5.74) is 4.62. The van der Waals surface area contributed by atoms with Crippen molar-refractivity contribution < 1.29 is 10.2 Å². The SMILES string of the molecule is CC(C)(NC(O)CCl)C(O)NCCN. The summed E-state index contributed by atoms with van der Waals surface area (Å²) in [5, 5.41) is 24.5. The van der Waals surface area contributed by atoms with Crippen molar-refractivity contribution in [3.8, 4) is 0 Å². The van der Waals surface area contributed by atoms with E-state index in [0.29, 0.717) is 13.1 Å². The van der Waals surface area contributed by atoms with Gasteiger partial charge in [-0.2, -0.15) is 0 Å². The molecule has 0 amide bonds. The molecule has 2 unspecified atom stereocenters. The summed E-state index contributed by atoms with van der Waals surface area (Å²) in [4.78, 5) is 0. The van der Waals surface area contributed by atoms with Crippen LogP contribution in [0.1, 0.15) is 13.8 Å². The Balaban J connectivity index is 4.01. The number of nitrogens with two attached hydrogens (primary N) is 1. The highest BCUT2D eigenvalue weighted by atomic mass is 35.5. The zero-order valence-corrected chi connectivity index (χ0v) is 9.38. The van der Waals surface area contributed by atoms with Gasteiger partial charge in [-0.15, -0.1) is 11.6 Å². The van der Waals surface area contributed by atoms with Gasteiger partial charge >= 0.3 is 0 Å². The van der Waals surface area contributed by atoms with Gasteiger partial charge in [-0.3, -0.25) is 10.6 Å². The van der Waals surface area contributed by atoms with E-state index in [4.69, 9.17) is 17.3 Å². The van der Waals surface area contributed by atoms with Gasteiger partial charge in [0.15, 0.2) is 0 Å². The van der Waals surface area contributed by atoms with Gasteiger partial charge in [-0.1, -0.05) is 0 Å². The minimum atomic E-state index is -0.832. The predicted molar refractivity (Wildman–Crippen MR) is 57.0 cm³/mol. The fraction of sp³-hybridized carbons (Fsp3) is 1.00. The highest BCUT2D eigenvalue weighted by Crippen LogP contribution is 2.07. The fourth-order valence-corrected chi connectivity index (χ4v) is 1.10. The molecular formula is C8H20ClN3O2. The Labute approximate surface area is 89.6 Å². The molecule has 0 aliphatic rings. The molecule has 14 heavy (non-hydrogen) atoms. The van der Waals surface area contributed by atoms with Crippen LogP contribution >= 0.6 is 11.6 Å². The van der Waals surface area contributed by atoms with E-state index in [0.717, 1.165) is 0 Å². The molecule has 0 aliphatic carbocycles. The molecule has 6 N–H and O–H groups in total. The van der Waals surface area contributed by atoms with Crippen LogP contribution in [0.3, 0.4) is 0 Å². The number of alkyl halides is 1. The van der Waals surface area contributed by atoms with Gasteiger partial charge in [0.05, 0.1) is 11.4 Å². The topological polar surface area (TPSA) is 90.5 Å². The molecule has 0 aromatic heterocycles. The standard InChI is InChI=1S/C8H20ClN3O2/c1-8(2,12-6(13)5-9)7(14)11-4-3-10/h6-7,11-14H,3-5,10H2,1-2H3. The average molecular weight is 226 g/mol. The van der Waals surface area contributed by atoms with E-state index in [1.165, 1.54) is 0 Å². The normalized spacial score (nSPS) is 16.7. The zero-order chi connectivity index (χ0) is 11.2. The molecule has 0 saturated carbocycles. The van der Waals surface area contributed by atoms with Crippen molar-refractivity contribution in [2.75, 3.05) is 19.0 Å². The molecule has 86 valence electrons. The summed E-state index contributed by atoms with van der Waals surface area (Å²) in [6, 6.07) is 0. The number of halogens is 1. The minimum absolute atomic E-state index is 0.0764. The van der Waals surface area contributed by atoms with Gasteiger partial charge in [0, 0.05) is 13.1 Å². The van der Waals surface area contributed by atoms with Crippen LogP contribution in [0.5, 0.6) is 0 Å². The van der Waals surface area contributed by atoms with Gasteiger partial charge in [0.2, 0.25) is 0 Å². The van der Waals surface area contributed by atoms with E-state index in [9.17, 15) is 10.2 Å². The second-order valence-corrected chi connectivity index (χ2v) is 3.99. The smallest absolute Gasteiger partial charge is 0.122 e. The molecule has 0 aliphatic heterocycles. The minimum Gasteiger partial charge on any atom is -0.377 e. The monoisotopic (exact) mass is 225 g/mol. The lowest BCUT2D eigenvalue weighted by Crippen LogP contribution is -2.59. The van der Waals surface area contributed by atoms with Gasteiger partial charge in [0.1, 0.15) is 12.5 Å². The molecule has 6 heteroatoms. The molecule has 0 spiro atoms. The Kier molecular flexibility index (Phi) is 6.59. The van der Waals surface area contributed by atoms with Crippen LogP contribution in [-0.4, -0.2) is 47.2 Å². The third-order valence-corrected chi connectivity index (χ3v) is 2.14. The van der Waals surface area contributed by atoms with Crippen molar-refractivity contribution in [2.45, 2.75) is 31.8 Å². The highest BCUT2D eigenvalue weighted by Gasteiger charge is 2.28. The molecule has 0 bridgehead atoms. The van der Waals surface area contributed by atoms with Crippen LogP contribution in [0.25, 0.3) is 0 Å². The molecule has 0 fully saturated rings. The molecule has 2 atom stereocenters. The predicted octanol–water partition coefficient (Wildman–Crippen LogP) is -1.22. The number of nitrogens with one attached hydrogen (secondary N) is 2. The number of hydrogen-bond acceptors (Lipinski definition) is 5. The molecule has 0 heterocycles. The summed E-state index contributed by atoms with van der Waals surface area (Å²) < 4.78 is 0. The lowest BCUT2D eigenvalue weighted by Gasteiger charge is -2.34. The van der Waals surface area contributed by atoms with Crippen molar-refractivity contribution in [3.05, 3.63) is 0 Å². The lowest BCUT2D eigenvalue weighted by atomic mass is 10.0. The van der Waals surface area contributed by atoms with E-state index in [2.05, 4.69) is 10.6 Å². The van der Waals surface area contributed by atoms with Crippen molar-refractivity contribution in [1.82, 2.24) is 10.6 Å². The molecule has 0 aromatic carbocycles. The molecule has 0 aromatic rings. The third kappa shape index (κ3) is 5.09. The van der Waals surface area contributed by atoms with Gasteiger partial charge in [-0.05, 0) is 13.8 Å². The van der Waals surface area contributed by atoms with E-state index in [-0.39, 0.29) is 5.88 Å². The summed E-state index contributed by atoms with van der Waals surface area (Å²) in [6.45, 7) is 4.49. The highest BCUT2D eigenvalue weighted by molar-refractivity contribution is 6.18. The summed E-state index contributed by atoms with van der Waals surface area (Å²) in [7, 11) is 0. The van der Waals surface area contributed by atoms with E-state index in [1.54, 1.807) is 13.8 Å². The number of rotatable bonds is 7. The van der Waals surface area contributed by atoms with Crippen LogP contribution < -0.4 is 16.4 Å². The first kappa shape index (κ1) is 14.1. The molecule has 0 saturated heterocycles. The molecule has 0 radical (unpaired) electrons. The van der Waals surface area contributed by atoms with Crippen LogP contribution in [0, 0.1) is 0 Å². The fourth-order valence-electron chi connectivity index (χ4n) is 1.02. The van der Waals surface area contributed by atoms with Crippen molar-refractivity contribution >= 4 is 11.6 Å². The Morgan fingerprint density at radius 3 is 2.43 bits per heavy atom. The van der Waals surface area contributed by atoms with Crippen molar-refractivity contribution in [2.24, 2.45) is 5.73 Å². The summed E-state index contributed by atoms with van der Waals surface area (Å²) >= 11 is 5.43. The van der Waals surface area contributed by atoms with Crippen molar-refractivity contribution in [3.63, 3.8) is 0 Å². The van der Waals surface area contributed by atoms with Crippen LogP contribution in [0.15, 0.2) is 0 Å². The average Bonchev–Trinajstić information content (AvgIpc) is 2.13. The van der Waals surface area contributed by atoms with Gasteiger partial charge in [-0.25, -0.2) is 0 Å². The lowest BCUT2D eigenvalue weighted by molar-refractivity contribution is 0.0151. The third-order valence-electron chi connectivity index (χ3n) is 1.85. The van der Waals surface area contributed by atoms with E-state index < -0.39 is 18.0 Å². The van der Waals surface area contributed by atoms with Crippen molar-refractivity contribution in [1.29, 1.82) is 0 Å².